The molecule has 1 aromatic carbocycles. The Kier molecular flexibility index (Phi) is 7.43. The molecule has 3 heterocycles. The van der Waals surface area contributed by atoms with Gasteiger partial charge in [-0.1, -0.05) is 0 Å². The summed E-state index contributed by atoms with van der Waals surface area (Å²) in [6.45, 7) is 14.3. The summed E-state index contributed by atoms with van der Waals surface area (Å²) in [6, 6.07) is 3.53. The van der Waals surface area contributed by atoms with Crippen LogP contribution in [0, 0.1) is 5.82 Å². The number of esters is 1. The monoisotopic (exact) mass is 478 g/mol. The molecule has 3 saturated heterocycles. The summed E-state index contributed by atoms with van der Waals surface area (Å²) in [5.74, 6) is -0.257. The van der Waals surface area contributed by atoms with E-state index in [9.17, 15) is 4.79 Å². The number of carbonyl (C=O) groups excluding carboxylic acids is 1. The van der Waals surface area contributed by atoms with Crippen molar-refractivity contribution in [2.24, 2.45) is 0 Å². The number of anilines is 1. The van der Waals surface area contributed by atoms with Gasteiger partial charge in [0.1, 0.15) is 17.3 Å². The zero-order chi connectivity index (χ0) is 24.5. The number of benzene rings is 1. The van der Waals surface area contributed by atoms with Crippen LogP contribution in [0.3, 0.4) is 0 Å². The summed E-state index contributed by atoms with van der Waals surface area (Å²) in [5.41, 5.74) is -0.0443. The van der Waals surface area contributed by atoms with Gasteiger partial charge in [0.25, 0.3) is 0 Å². The van der Waals surface area contributed by atoms with Crippen LogP contribution >= 0.6 is 0 Å². The lowest BCUT2D eigenvalue weighted by molar-refractivity contribution is -0.141. The number of morpholine rings is 1. The smallest absolute Gasteiger partial charge is 0.491 e. The van der Waals surface area contributed by atoms with Gasteiger partial charge >= 0.3 is 13.1 Å². The summed E-state index contributed by atoms with van der Waals surface area (Å²) in [4.78, 5) is 15.5. The second kappa shape index (κ2) is 10.0. The van der Waals surface area contributed by atoms with Crippen LogP contribution < -0.4 is 15.1 Å². The maximum absolute atomic E-state index is 15.7. The maximum Gasteiger partial charge on any atom is 0.495 e. The zero-order valence-corrected chi connectivity index (χ0v) is 20.9. The highest BCUT2D eigenvalue weighted by Gasteiger charge is 2.52. The first kappa shape index (κ1) is 25.2. The van der Waals surface area contributed by atoms with E-state index in [1.165, 1.54) is 13.0 Å². The van der Waals surface area contributed by atoms with E-state index in [2.05, 4.69) is 4.90 Å². The molecule has 8 nitrogen and oxygen atoms in total. The van der Waals surface area contributed by atoms with Crippen molar-refractivity contribution in [3.63, 3.8) is 0 Å². The lowest BCUT2D eigenvalue weighted by Gasteiger charge is -2.44. The number of hydrogen-bond acceptors (Lipinski definition) is 8. The SMILES string of the molecule is CC(=O)OCCCOc1cc(B2OC(C)(C)C(C)(C)O2)cc(F)c1N1CCN2CCOC[C@H]2C1. The fourth-order valence-corrected chi connectivity index (χ4v) is 4.53. The Hall–Kier alpha value is -1.88. The van der Waals surface area contributed by atoms with Gasteiger partial charge in [-0.2, -0.15) is 0 Å². The fraction of sp³-hybridized carbons (Fsp3) is 0.708. The second-order valence-corrected chi connectivity index (χ2v) is 10.2. The average molecular weight is 478 g/mol. The Morgan fingerprint density at radius 1 is 1.15 bits per heavy atom. The van der Waals surface area contributed by atoms with Crippen LogP contribution in [0.1, 0.15) is 41.0 Å². The number of nitrogens with zero attached hydrogens (tertiary/aromatic N) is 2. The third-order valence-electron chi connectivity index (χ3n) is 7.18. The highest BCUT2D eigenvalue weighted by Crippen LogP contribution is 2.38. The third-order valence-corrected chi connectivity index (χ3v) is 7.18. The Morgan fingerprint density at radius 2 is 1.88 bits per heavy atom. The number of carbonyl (C=O) groups is 1. The van der Waals surface area contributed by atoms with Gasteiger partial charge in [0.05, 0.1) is 43.7 Å². The van der Waals surface area contributed by atoms with Crippen molar-refractivity contribution in [1.82, 2.24) is 4.90 Å². The summed E-state index contributed by atoms with van der Waals surface area (Å²) in [7, 11) is -0.694. The normalized spacial score (nSPS) is 24.1. The van der Waals surface area contributed by atoms with Crippen molar-refractivity contribution >= 4 is 24.2 Å². The fourth-order valence-electron chi connectivity index (χ4n) is 4.53. The molecule has 3 fully saturated rings. The Labute approximate surface area is 201 Å². The molecular formula is C24H36BFN2O6. The first-order valence-electron chi connectivity index (χ1n) is 12.1. The molecule has 188 valence electrons. The van der Waals surface area contributed by atoms with Crippen molar-refractivity contribution in [2.45, 2.75) is 58.3 Å². The van der Waals surface area contributed by atoms with E-state index in [4.69, 9.17) is 23.5 Å². The number of piperazine rings is 1. The van der Waals surface area contributed by atoms with Gasteiger partial charge in [0, 0.05) is 39.5 Å². The summed E-state index contributed by atoms with van der Waals surface area (Å²) in [6.07, 6.45) is 0.506. The molecule has 1 atom stereocenters. The highest BCUT2D eigenvalue weighted by molar-refractivity contribution is 6.62. The molecule has 0 spiro atoms. The van der Waals surface area contributed by atoms with Gasteiger partial charge in [0.15, 0.2) is 0 Å². The number of halogens is 1. The molecule has 3 aliphatic rings. The maximum atomic E-state index is 15.7. The first-order valence-corrected chi connectivity index (χ1v) is 12.1. The van der Waals surface area contributed by atoms with E-state index in [1.54, 1.807) is 0 Å². The van der Waals surface area contributed by atoms with Crippen molar-refractivity contribution in [1.29, 1.82) is 0 Å². The van der Waals surface area contributed by atoms with Gasteiger partial charge in [-0.05, 0) is 45.3 Å². The van der Waals surface area contributed by atoms with Crippen LogP contribution in [0.25, 0.3) is 0 Å². The minimum atomic E-state index is -0.694. The number of hydrogen-bond donors (Lipinski definition) is 0. The predicted octanol–water partition coefficient (Wildman–Crippen LogP) is 1.98. The van der Waals surface area contributed by atoms with Crippen molar-refractivity contribution < 1.29 is 32.7 Å². The Bertz CT molecular complexity index is 882. The van der Waals surface area contributed by atoms with Gasteiger partial charge in [-0.15, -0.1) is 0 Å². The van der Waals surface area contributed by atoms with Crippen LogP contribution in [-0.4, -0.2) is 87.8 Å². The number of ether oxygens (including phenoxy) is 3. The summed E-state index contributed by atoms with van der Waals surface area (Å²) >= 11 is 0. The molecule has 1 aromatic rings. The Balaban J connectivity index is 1.57. The van der Waals surface area contributed by atoms with Gasteiger partial charge in [-0.3, -0.25) is 9.69 Å². The van der Waals surface area contributed by atoms with Gasteiger partial charge < -0.3 is 28.4 Å². The van der Waals surface area contributed by atoms with Crippen molar-refractivity contribution in [3.8, 4) is 5.75 Å². The molecule has 0 radical (unpaired) electrons. The van der Waals surface area contributed by atoms with Crippen LogP contribution in [-0.2, 0) is 23.6 Å². The standard InChI is InChI=1S/C24H36BFN2O6/c1-17(29)31-10-6-11-32-21-14-18(25-33-23(2,3)24(4,5)34-25)13-20(26)22(21)28-8-7-27-9-12-30-16-19(27)15-28/h13-14,19H,6-12,15-16H2,1-5H3/t19-/m1/s1. The average Bonchev–Trinajstić information content (AvgIpc) is 2.99. The molecule has 0 unspecified atom stereocenters. The minimum Gasteiger partial charge on any atom is -0.491 e. The number of rotatable bonds is 7. The molecule has 0 saturated carbocycles. The molecule has 0 aromatic heterocycles. The third kappa shape index (κ3) is 5.35. The minimum absolute atomic E-state index is 0.224. The van der Waals surface area contributed by atoms with Crippen molar-refractivity contribution in [2.75, 3.05) is 57.5 Å². The van der Waals surface area contributed by atoms with Crippen LogP contribution in [0.15, 0.2) is 12.1 Å². The largest absolute Gasteiger partial charge is 0.495 e. The van der Waals surface area contributed by atoms with E-state index < -0.39 is 18.3 Å². The van der Waals surface area contributed by atoms with E-state index >= 15 is 4.39 Å². The van der Waals surface area contributed by atoms with Crippen LogP contribution in [0.5, 0.6) is 5.75 Å². The predicted molar refractivity (Wildman–Crippen MR) is 127 cm³/mol. The second-order valence-electron chi connectivity index (χ2n) is 10.2. The Morgan fingerprint density at radius 3 is 2.59 bits per heavy atom. The molecule has 10 heteroatoms. The van der Waals surface area contributed by atoms with E-state index in [-0.39, 0.29) is 24.4 Å². The highest BCUT2D eigenvalue weighted by atomic mass is 19.1. The van der Waals surface area contributed by atoms with E-state index in [0.717, 1.165) is 19.7 Å². The van der Waals surface area contributed by atoms with Crippen LogP contribution in [0.4, 0.5) is 10.1 Å². The summed E-state index contributed by atoms with van der Waals surface area (Å²) in [5, 5.41) is 0. The molecule has 0 amide bonds. The molecule has 3 aliphatic heterocycles. The van der Waals surface area contributed by atoms with E-state index in [1.807, 2.05) is 38.7 Å². The molecule has 4 rings (SSSR count). The lowest BCUT2D eigenvalue weighted by Crippen LogP contribution is -2.58. The van der Waals surface area contributed by atoms with Gasteiger partial charge in [-0.25, -0.2) is 4.39 Å². The molecular weight excluding hydrogens is 442 g/mol. The first-order chi connectivity index (χ1) is 16.1. The molecule has 0 aliphatic carbocycles. The molecule has 0 N–H and O–H groups in total. The molecule has 0 bridgehead atoms. The number of fused-ring (bicyclic) bond motifs is 1. The topological polar surface area (TPSA) is 69.7 Å². The van der Waals surface area contributed by atoms with Crippen LogP contribution in [0.2, 0.25) is 0 Å². The van der Waals surface area contributed by atoms with Crippen molar-refractivity contribution in [3.05, 3.63) is 17.9 Å². The lowest BCUT2D eigenvalue weighted by atomic mass is 9.78. The quantitative estimate of drug-likeness (QED) is 0.335. The zero-order valence-electron chi connectivity index (χ0n) is 20.9. The van der Waals surface area contributed by atoms with Gasteiger partial charge in [0.2, 0.25) is 0 Å². The molecule has 34 heavy (non-hydrogen) atoms. The summed E-state index contributed by atoms with van der Waals surface area (Å²) < 4.78 is 44.7. The van der Waals surface area contributed by atoms with E-state index in [0.29, 0.717) is 49.6 Å².